The second kappa shape index (κ2) is 14.8. The second-order valence-corrected chi connectivity index (χ2v) is 9.26. The van der Waals surface area contributed by atoms with Gasteiger partial charge in [-0.1, -0.05) is 6.08 Å². The Bertz CT molecular complexity index is 1020. The van der Waals surface area contributed by atoms with Crippen molar-refractivity contribution >= 4 is 23.8 Å². The van der Waals surface area contributed by atoms with Crippen LogP contribution in [0, 0.1) is 5.92 Å². The van der Waals surface area contributed by atoms with E-state index in [4.69, 9.17) is 24.5 Å². The van der Waals surface area contributed by atoms with Crippen molar-refractivity contribution in [2.24, 2.45) is 5.92 Å². The maximum absolute atomic E-state index is 8.36. The van der Waals surface area contributed by atoms with Gasteiger partial charge in [-0.05, 0) is 63.2 Å². The van der Waals surface area contributed by atoms with Gasteiger partial charge >= 0.3 is 0 Å². The molecule has 9 heteroatoms. The smallest absolute Gasteiger partial charge is 0.290 e. The molecule has 0 amide bonds. The summed E-state index contributed by atoms with van der Waals surface area (Å²) in [5, 5.41) is 15.2. The fraction of sp³-hybridized carbons (Fsp3) is 0.481. The van der Waals surface area contributed by atoms with Crippen LogP contribution in [-0.4, -0.2) is 90.3 Å². The molecule has 36 heavy (non-hydrogen) atoms. The highest BCUT2D eigenvalue weighted by Crippen LogP contribution is 2.30. The number of carbonyl (C=O) groups is 2. The molecule has 1 saturated heterocycles. The van der Waals surface area contributed by atoms with Crippen molar-refractivity contribution in [2.45, 2.75) is 32.2 Å². The van der Waals surface area contributed by atoms with Crippen LogP contribution in [0.4, 0.5) is 0 Å². The summed E-state index contributed by atoms with van der Waals surface area (Å²) in [6.07, 6.45) is 13.7. The van der Waals surface area contributed by atoms with Crippen molar-refractivity contribution in [1.29, 1.82) is 0 Å². The topological polar surface area (TPSA) is 98.5 Å². The van der Waals surface area contributed by atoms with Crippen molar-refractivity contribution in [2.75, 3.05) is 47.9 Å². The molecule has 0 unspecified atom stereocenters. The molecule has 2 aliphatic heterocycles. The van der Waals surface area contributed by atoms with Crippen LogP contribution in [0.15, 0.2) is 48.6 Å². The van der Waals surface area contributed by atoms with E-state index < -0.39 is 0 Å². The molecule has 0 saturated carbocycles. The zero-order valence-corrected chi connectivity index (χ0v) is 21.8. The molecule has 0 atom stereocenters. The Labute approximate surface area is 213 Å². The van der Waals surface area contributed by atoms with Gasteiger partial charge in [0.2, 0.25) is 0 Å². The zero-order valence-electron chi connectivity index (χ0n) is 21.8. The second-order valence-electron chi connectivity index (χ2n) is 9.26. The summed E-state index contributed by atoms with van der Waals surface area (Å²) in [6, 6.07) is 6.53. The van der Waals surface area contributed by atoms with Gasteiger partial charge in [0.15, 0.2) is 0 Å². The summed E-state index contributed by atoms with van der Waals surface area (Å²) in [6.45, 7) is 3.99. The van der Waals surface area contributed by atoms with Crippen LogP contribution in [0.1, 0.15) is 24.8 Å². The average Bonchev–Trinajstić information content (AvgIpc) is 3.20. The predicted molar refractivity (Wildman–Crippen MR) is 142 cm³/mol. The fourth-order valence-electron chi connectivity index (χ4n) is 4.73. The molecular weight excluding hydrogens is 460 g/mol. The van der Waals surface area contributed by atoms with E-state index in [1.165, 1.54) is 35.0 Å². The Morgan fingerprint density at radius 1 is 1.14 bits per heavy atom. The highest BCUT2D eigenvalue weighted by molar-refractivity contribution is 5.85. The molecule has 2 aliphatic rings. The van der Waals surface area contributed by atoms with E-state index in [1.807, 2.05) is 0 Å². The van der Waals surface area contributed by atoms with Crippen LogP contribution in [0.25, 0.3) is 10.9 Å². The number of nitrogens with zero attached hydrogens (tertiary/aromatic N) is 4. The Morgan fingerprint density at radius 3 is 2.39 bits per heavy atom. The molecule has 4 rings (SSSR count). The van der Waals surface area contributed by atoms with Gasteiger partial charge in [-0.3, -0.25) is 9.59 Å². The number of hydrogen-bond donors (Lipinski definition) is 2. The van der Waals surface area contributed by atoms with Crippen LogP contribution in [0.3, 0.4) is 0 Å². The summed E-state index contributed by atoms with van der Waals surface area (Å²) in [5.41, 5.74) is 4.22. The van der Waals surface area contributed by atoms with E-state index in [0.717, 1.165) is 50.7 Å². The molecular formula is C27H40N4O5. The maximum Gasteiger partial charge on any atom is 0.290 e. The Kier molecular flexibility index (Phi) is 11.9. The van der Waals surface area contributed by atoms with Crippen LogP contribution in [-0.2, 0) is 22.6 Å². The molecule has 0 spiro atoms. The van der Waals surface area contributed by atoms with Crippen LogP contribution in [0.2, 0.25) is 0 Å². The normalized spacial score (nSPS) is 15.5. The molecule has 0 bridgehead atoms. The third-order valence-corrected chi connectivity index (χ3v) is 6.50. The van der Waals surface area contributed by atoms with Gasteiger partial charge in [-0.25, -0.2) is 0 Å². The van der Waals surface area contributed by atoms with Gasteiger partial charge < -0.3 is 34.2 Å². The summed E-state index contributed by atoms with van der Waals surface area (Å²) in [7, 11) is 8.15. The van der Waals surface area contributed by atoms with Crippen LogP contribution in [0.5, 0.6) is 5.75 Å². The van der Waals surface area contributed by atoms with Gasteiger partial charge in [0.1, 0.15) is 5.75 Å². The Hall–Kier alpha value is -3.46. The lowest BCUT2D eigenvalue weighted by molar-refractivity contribution is -0.123. The van der Waals surface area contributed by atoms with Crippen LogP contribution < -0.4 is 4.74 Å². The SMILES string of the molecule is COc1ccc2c(CCN(C)C)cn(CC3CCN(C4=CN(C)C=CC4)CC3)c2c1.O=CO.O=CO. The lowest BCUT2D eigenvalue weighted by Crippen LogP contribution is -2.35. The van der Waals surface area contributed by atoms with E-state index in [0.29, 0.717) is 0 Å². The minimum absolute atomic E-state index is 0.250. The van der Waals surface area contributed by atoms with Gasteiger partial charge in [0, 0.05) is 69.2 Å². The Morgan fingerprint density at radius 2 is 1.81 bits per heavy atom. The van der Waals surface area contributed by atoms with E-state index in [9.17, 15) is 0 Å². The number of rotatable bonds is 7. The summed E-state index contributed by atoms with van der Waals surface area (Å²) >= 11 is 0. The largest absolute Gasteiger partial charge is 0.497 e. The molecule has 198 valence electrons. The monoisotopic (exact) mass is 500 g/mol. The lowest BCUT2D eigenvalue weighted by Gasteiger charge is -2.36. The highest BCUT2D eigenvalue weighted by atomic mass is 16.5. The summed E-state index contributed by atoms with van der Waals surface area (Å²) in [5.74, 6) is 1.67. The van der Waals surface area contributed by atoms with E-state index in [2.05, 4.69) is 83.3 Å². The number of fused-ring (bicyclic) bond motifs is 1. The number of likely N-dealkylation sites (tertiary alicyclic amines) is 1. The minimum Gasteiger partial charge on any atom is -0.497 e. The minimum atomic E-state index is -0.250. The number of ether oxygens (including phenoxy) is 1. The number of aromatic nitrogens is 1. The Balaban J connectivity index is 0.000000693. The van der Waals surface area contributed by atoms with Gasteiger partial charge in [-0.2, -0.15) is 0 Å². The number of likely N-dealkylation sites (N-methyl/N-ethyl adjacent to an activating group) is 1. The number of methoxy groups -OCH3 is 1. The van der Waals surface area contributed by atoms with Crippen molar-refractivity contribution in [3.63, 3.8) is 0 Å². The van der Waals surface area contributed by atoms with Crippen molar-refractivity contribution in [3.8, 4) is 5.75 Å². The summed E-state index contributed by atoms with van der Waals surface area (Å²) in [4.78, 5) is 23.7. The summed E-state index contributed by atoms with van der Waals surface area (Å²) < 4.78 is 8.01. The third-order valence-electron chi connectivity index (χ3n) is 6.50. The molecule has 0 radical (unpaired) electrons. The number of carboxylic acid groups (broad SMARTS) is 2. The van der Waals surface area contributed by atoms with Crippen molar-refractivity contribution in [3.05, 3.63) is 54.1 Å². The van der Waals surface area contributed by atoms with E-state index >= 15 is 0 Å². The first-order valence-electron chi connectivity index (χ1n) is 12.2. The number of hydrogen-bond acceptors (Lipinski definition) is 6. The maximum atomic E-state index is 8.36. The molecule has 1 fully saturated rings. The first kappa shape index (κ1) is 28.8. The number of benzene rings is 1. The van der Waals surface area contributed by atoms with Gasteiger partial charge in [-0.15, -0.1) is 0 Å². The molecule has 0 aliphatic carbocycles. The predicted octanol–water partition coefficient (Wildman–Crippen LogP) is 3.56. The molecule has 9 nitrogen and oxygen atoms in total. The van der Waals surface area contributed by atoms with E-state index in [1.54, 1.807) is 7.11 Å². The zero-order chi connectivity index (χ0) is 26.5. The molecule has 1 aromatic heterocycles. The third kappa shape index (κ3) is 8.34. The fourth-order valence-corrected chi connectivity index (χ4v) is 4.73. The van der Waals surface area contributed by atoms with Gasteiger partial charge in [0.25, 0.3) is 12.9 Å². The first-order valence-corrected chi connectivity index (χ1v) is 12.2. The van der Waals surface area contributed by atoms with Gasteiger partial charge in [0.05, 0.1) is 12.6 Å². The lowest BCUT2D eigenvalue weighted by atomic mass is 9.96. The highest BCUT2D eigenvalue weighted by Gasteiger charge is 2.22. The number of piperidine rings is 1. The van der Waals surface area contributed by atoms with E-state index in [-0.39, 0.29) is 12.9 Å². The standard InChI is InChI=1S/C25H36N4O.2CH2O2/c1-26(2)13-11-21-18-29(25-16-23(30-4)7-8-24(21)25)17-20-9-14-28(15-10-20)22-6-5-12-27(3)19-22;2*2-1-3/h5,7-8,12,16,18-20H,6,9-11,13-15,17H2,1-4H3;2*1H,(H,2,3). The van der Waals surface area contributed by atoms with Crippen molar-refractivity contribution < 1.29 is 24.5 Å². The number of allylic oxidation sites excluding steroid dienone is 1. The molecule has 2 aromatic rings. The molecule has 1 aromatic carbocycles. The quantitative estimate of drug-likeness (QED) is 0.557. The first-order chi connectivity index (χ1) is 17.4. The van der Waals surface area contributed by atoms with Crippen molar-refractivity contribution in [1.82, 2.24) is 19.3 Å². The molecule has 2 N–H and O–H groups in total. The van der Waals surface area contributed by atoms with Crippen LogP contribution >= 0.6 is 0 Å². The molecule has 3 heterocycles. The average molecular weight is 501 g/mol.